The number of benzene rings is 1. The minimum atomic E-state index is -0.119. The van der Waals surface area contributed by atoms with E-state index in [4.69, 9.17) is 9.47 Å². The Balaban J connectivity index is 1.71. The molecule has 3 heteroatoms. The predicted octanol–water partition coefficient (Wildman–Crippen LogP) is 3.50. The van der Waals surface area contributed by atoms with Gasteiger partial charge < -0.3 is 0 Å². The van der Waals surface area contributed by atoms with Crippen molar-refractivity contribution >= 4 is 19.4 Å². The Hall–Kier alpha value is -0.601. The maximum absolute atomic E-state index is 6.61. The van der Waals surface area contributed by atoms with E-state index in [1.165, 1.54) is 22.0 Å². The summed E-state index contributed by atoms with van der Waals surface area (Å²) < 4.78 is 14.4. The van der Waals surface area contributed by atoms with Gasteiger partial charge in [0.15, 0.2) is 0 Å². The third-order valence-corrected chi connectivity index (χ3v) is 9.05. The van der Waals surface area contributed by atoms with Gasteiger partial charge in [0.05, 0.1) is 0 Å². The topological polar surface area (TPSA) is 18.5 Å². The van der Waals surface area contributed by atoms with Crippen molar-refractivity contribution in [3.05, 3.63) is 41.5 Å². The fourth-order valence-electron chi connectivity index (χ4n) is 4.30. The fraction of sp³-hybridized carbons (Fsp3) is 0.600. The van der Waals surface area contributed by atoms with E-state index in [1.54, 1.807) is 0 Å². The Morgan fingerprint density at radius 1 is 1.09 bits per heavy atom. The van der Waals surface area contributed by atoms with Crippen LogP contribution >= 0.6 is 0 Å². The first kappa shape index (κ1) is 15.9. The van der Waals surface area contributed by atoms with E-state index in [0.717, 1.165) is 13.0 Å². The normalized spacial score (nSPS) is 34.3. The van der Waals surface area contributed by atoms with Gasteiger partial charge >= 0.3 is 146 Å². The van der Waals surface area contributed by atoms with E-state index in [2.05, 4.69) is 58.0 Å². The Labute approximate surface area is 145 Å². The average Bonchev–Trinajstić information content (AvgIpc) is 2.94. The molecule has 2 heterocycles. The van der Waals surface area contributed by atoms with Gasteiger partial charge in [-0.2, -0.15) is 0 Å². The van der Waals surface area contributed by atoms with Crippen molar-refractivity contribution in [2.45, 2.75) is 63.2 Å². The summed E-state index contributed by atoms with van der Waals surface area (Å²) in [4.78, 5) is 0.440. The van der Waals surface area contributed by atoms with Crippen molar-refractivity contribution < 1.29 is 9.47 Å². The number of rotatable bonds is 2. The van der Waals surface area contributed by atoms with E-state index < -0.39 is 0 Å². The summed E-state index contributed by atoms with van der Waals surface area (Å²) in [6.07, 6.45) is 2.89. The van der Waals surface area contributed by atoms with E-state index in [0.29, 0.717) is 19.8 Å². The monoisotopic (exact) mass is 378 g/mol. The van der Waals surface area contributed by atoms with Crippen LogP contribution in [0.5, 0.6) is 0 Å². The van der Waals surface area contributed by atoms with Crippen molar-refractivity contribution in [3.63, 3.8) is 0 Å². The summed E-state index contributed by atoms with van der Waals surface area (Å²) in [6, 6.07) is 10.9. The molecule has 0 bridgehead atoms. The number of hydrogen-bond donors (Lipinski definition) is 0. The van der Waals surface area contributed by atoms with Crippen LogP contribution in [0.4, 0.5) is 0 Å². The fourth-order valence-corrected chi connectivity index (χ4v) is 7.02. The zero-order valence-corrected chi connectivity index (χ0v) is 16.2. The first-order chi connectivity index (χ1) is 10.9. The maximum atomic E-state index is 6.61. The summed E-state index contributed by atoms with van der Waals surface area (Å²) in [5.74, 6) is 0. The molecular formula is C20H26O2Se. The second-order valence-electron chi connectivity index (χ2n) is 8.15. The molecule has 1 saturated heterocycles. The van der Waals surface area contributed by atoms with Crippen molar-refractivity contribution in [3.8, 4) is 0 Å². The summed E-state index contributed by atoms with van der Waals surface area (Å²) in [5.41, 5.74) is 3.19. The quantitative estimate of drug-likeness (QED) is 0.580. The van der Waals surface area contributed by atoms with E-state index in [1.807, 2.05) is 0 Å². The number of hydrogen-bond acceptors (Lipinski definition) is 2. The van der Waals surface area contributed by atoms with Crippen molar-refractivity contribution in [2.24, 2.45) is 5.41 Å². The number of ether oxygens (including phenoxy) is 2. The molecule has 1 aromatic rings. The third-order valence-electron chi connectivity index (χ3n) is 5.67. The predicted molar refractivity (Wildman–Crippen MR) is 94.3 cm³/mol. The van der Waals surface area contributed by atoms with Gasteiger partial charge in [-0.1, -0.05) is 0 Å². The van der Waals surface area contributed by atoms with Crippen LogP contribution in [0.2, 0.25) is 4.82 Å². The molecule has 1 fully saturated rings. The molecule has 124 valence electrons. The molecule has 0 radical (unpaired) electrons. The van der Waals surface area contributed by atoms with Crippen LogP contribution in [0.15, 0.2) is 41.5 Å². The first-order valence-electron chi connectivity index (χ1n) is 8.63. The van der Waals surface area contributed by atoms with E-state index >= 15 is 0 Å². The zero-order chi connectivity index (χ0) is 16.2. The van der Waals surface area contributed by atoms with Gasteiger partial charge in [0.2, 0.25) is 0 Å². The summed E-state index contributed by atoms with van der Waals surface area (Å²) in [7, 11) is 0. The summed E-state index contributed by atoms with van der Waals surface area (Å²) in [5, 5.41) is 0. The Morgan fingerprint density at radius 2 is 1.83 bits per heavy atom. The molecule has 2 nitrogen and oxygen atoms in total. The molecule has 0 N–H and O–H groups in total. The molecule has 0 aromatic heterocycles. The molecule has 1 aromatic carbocycles. The molecule has 1 unspecified atom stereocenters. The van der Waals surface area contributed by atoms with Gasteiger partial charge in [0.1, 0.15) is 0 Å². The zero-order valence-electron chi connectivity index (χ0n) is 14.5. The first-order valence-corrected chi connectivity index (χ1v) is 10.5. The minimum absolute atomic E-state index is 0.119. The molecule has 23 heavy (non-hydrogen) atoms. The Kier molecular flexibility index (Phi) is 3.77. The van der Waals surface area contributed by atoms with Crippen LogP contribution in [0.3, 0.4) is 0 Å². The molecule has 1 aliphatic carbocycles. The summed E-state index contributed by atoms with van der Waals surface area (Å²) in [6.45, 7) is 10.1. The van der Waals surface area contributed by atoms with Crippen LogP contribution in [0.1, 0.15) is 40.5 Å². The molecule has 3 aliphatic rings. The average molecular weight is 377 g/mol. The standard InChI is InChI=1S/C20H26O2Se/c1-19(2)11-10-15-16-14(19)12-21-17(16)18(20(3,4)22-15)23-13-8-6-5-7-9-13/h5-9,15,17-18H,10-12H2,1-4H3/t15?,17-,18+/m0/s1. The van der Waals surface area contributed by atoms with Gasteiger partial charge in [-0.25, -0.2) is 0 Å². The van der Waals surface area contributed by atoms with Crippen LogP contribution in [0, 0.1) is 5.41 Å². The van der Waals surface area contributed by atoms with Crippen molar-refractivity contribution in [1.29, 1.82) is 0 Å². The molecule has 0 saturated carbocycles. The van der Waals surface area contributed by atoms with Gasteiger partial charge in [0.25, 0.3) is 0 Å². The van der Waals surface area contributed by atoms with E-state index in [-0.39, 0.29) is 23.2 Å². The molecule has 4 rings (SSSR count). The van der Waals surface area contributed by atoms with Gasteiger partial charge in [-0.3, -0.25) is 0 Å². The van der Waals surface area contributed by atoms with Crippen molar-refractivity contribution in [1.82, 2.24) is 0 Å². The van der Waals surface area contributed by atoms with Gasteiger partial charge in [0, 0.05) is 0 Å². The van der Waals surface area contributed by atoms with Crippen LogP contribution in [-0.2, 0) is 9.47 Å². The van der Waals surface area contributed by atoms with Gasteiger partial charge in [-0.15, -0.1) is 0 Å². The van der Waals surface area contributed by atoms with Crippen LogP contribution < -0.4 is 4.46 Å². The van der Waals surface area contributed by atoms with E-state index in [9.17, 15) is 0 Å². The van der Waals surface area contributed by atoms with Crippen molar-refractivity contribution in [2.75, 3.05) is 6.61 Å². The third kappa shape index (κ3) is 2.62. The molecule has 0 amide bonds. The SMILES string of the molecule is CC1(C)CCC2OC(C)(C)[C@H]([Se]c3ccccc3)[C@H]3OCC1=C23. The summed E-state index contributed by atoms with van der Waals surface area (Å²) >= 11 is 0.352. The van der Waals surface area contributed by atoms with Gasteiger partial charge in [-0.05, 0) is 0 Å². The molecule has 3 atom stereocenters. The Bertz CT molecular complexity index is 632. The second-order valence-corrected chi connectivity index (χ2v) is 10.7. The second kappa shape index (κ2) is 5.46. The molecule has 2 aliphatic heterocycles. The van der Waals surface area contributed by atoms with Crippen LogP contribution in [0.25, 0.3) is 0 Å². The van der Waals surface area contributed by atoms with Crippen LogP contribution in [-0.4, -0.2) is 39.4 Å². The molecule has 0 spiro atoms. The molecular weight excluding hydrogens is 351 g/mol. The Morgan fingerprint density at radius 3 is 2.57 bits per heavy atom.